The molecule has 0 bridgehead atoms. The highest BCUT2D eigenvalue weighted by atomic mass is 16.5. The highest BCUT2D eigenvalue weighted by Crippen LogP contribution is 2.33. The van der Waals surface area contributed by atoms with E-state index in [4.69, 9.17) is 15.2 Å². The summed E-state index contributed by atoms with van der Waals surface area (Å²) in [7, 11) is 0. The van der Waals surface area contributed by atoms with Crippen molar-refractivity contribution in [2.75, 3.05) is 19.8 Å². The first kappa shape index (κ1) is 13.4. The van der Waals surface area contributed by atoms with Gasteiger partial charge < -0.3 is 15.2 Å². The van der Waals surface area contributed by atoms with E-state index in [1.807, 2.05) is 18.2 Å². The Morgan fingerprint density at radius 2 is 1.90 bits per heavy atom. The Bertz CT molecular complexity index is 643. The summed E-state index contributed by atoms with van der Waals surface area (Å²) in [5.41, 5.74) is 8.60. The molecule has 1 aromatic heterocycles. The Kier molecular flexibility index (Phi) is 3.95. The Morgan fingerprint density at radius 3 is 2.76 bits per heavy atom. The molecule has 2 aromatic rings. The summed E-state index contributed by atoms with van der Waals surface area (Å²) >= 11 is 0. The highest BCUT2D eigenvalue weighted by molar-refractivity contribution is 5.72. The zero-order valence-corrected chi connectivity index (χ0v) is 11.5. The molecule has 2 heterocycles. The largest absolute Gasteiger partial charge is 0.491 e. The van der Waals surface area contributed by atoms with Crippen molar-refractivity contribution in [1.82, 2.24) is 9.97 Å². The lowest BCUT2D eigenvalue weighted by Gasteiger charge is -2.17. The van der Waals surface area contributed by atoms with Crippen molar-refractivity contribution in [3.05, 3.63) is 42.5 Å². The Labute approximate surface area is 122 Å². The number of aromatic nitrogens is 2. The number of rotatable bonds is 1. The molecule has 6 heteroatoms. The van der Waals surface area contributed by atoms with Gasteiger partial charge in [0.15, 0.2) is 0 Å². The molecule has 0 saturated heterocycles. The minimum atomic E-state index is 0.217. The SMILES string of the molecule is N/C1=N/CCOc2c(cccc2-c2cncnc2)CCO1. The fourth-order valence-corrected chi connectivity index (χ4v) is 2.23. The molecule has 1 aliphatic rings. The van der Waals surface area contributed by atoms with Gasteiger partial charge >= 0.3 is 0 Å². The van der Waals surface area contributed by atoms with Gasteiger partial charge in [-0.05, 0) is 5.56 Å². The molecule has 1 aromatic carbocycles. The summed E-state index contributed by atoms with van der Waals surface area (Å²) in [4.78, 5) is 12.2. The van der Waals surface area contributed by atoms with E-state index < -0.39 is 0 Å². The van der Waals surface area contributed by atoms with Gasteiger partial charge in [-0.25, -0.2) is 15.0 Å². The number of hydrogen-bond donors (Lipinski definition) is 1. The number of hydrogen-bond acceptors (Lipinski definition) is 6. The van der Waals surface area contributed by atoms with E-state index in [9.17, 15) is 0 Å². The van der Waals surface area contributed by atoms with Gasteiger partial charge in [0, 0.05) is 29.9 Å². The zero-order valence-electron chi connectivity index (χ0n) is 11.5. The van der Waals surface area contributed by atoms with Crippen LogP contribution in [0.5, 0.6) is 5.75 Å². The van der Waals surface area contributed by atoms with Crippen LogP contribution in [0.2, 0.25) is 0 Å². The van der Waals surface area contributed by atoms with Crippen LogP contribution in [0.1, 0.15) is 5.56 Å². The first-order chi connectivity index (χ1) is 10.3. The smallest absolute Gasteiger partial charge is 0.282 e. The van der Waals surface area contributed by atoms with Crippen LogP contribution in [0.4, 0.5) is 0 Å². The second-order valence-corrected chi connectivity index (χ2v) is 4.59. The summed E-state index contributed by atoms with van der Waals surface area (Å²) in [5, 5.41) is 0. The molecular formula is C15H16N4O2. The quantitative estimate of drug-likeness (QED) is 0.856. The maximum atomic E-state index is 5.92. The normalized spacial score (nSPS) is 17.6. The number of benzene rings is 1. The van der Waals surface area contributed by atoms with E-state index in [0.29, 0.717) is 26.2 Å². The first-order valence-electron chi connectivity index (χ1n) is 6.77. The van der Waals surface area contributed by atoms with Crippen LogP contribution in [0.25, 0.3) is 11.1 Å². The number of nitrogens with zero attached hydrogens (tertiary/aromatic N) is 3. The van der Waals surface area contributed by atoms with Crippen LogP contribution < -0.4 is 10.5 Å². The minimum absolute atomic E-state index is 0.217. The third kappa shape index (κ3) is 3.10. The summed E-state index contributed by atoms with van der Waals surface area (Å²) in [6, 6.07) is 6.24. The van der Waals surface area contributed by atoms with Crippen molar-refractivity contribution in [2.24, 2.45) is 10.7 Å². The summed E-state index contributed by atoms with van der Waals surface area (Å²) in [5.74, 6) is 0.839. The molecule has 0 fully saturated rings. The van der Waals surface area contributed by atoms with Crippen LogP contribution in [-0.2, 0) is 11.2 Å². The van der Waals surface area contributed by atoms with Crippen LogP contribution >= 0.6 is 0 Å². The standard InChI is InChI=1S/C15H16N4O2/c16-15-19-5-7-20-14-11(4-6-21-15)2-1-3-13(14)12-8-17-10-18-9-12/h1-3,8-10H,4-7H2,(H2,16,19). The van der Waals surface area contributed by atoms with E-state index >= 15 is 0 Å². The molecule has 1 aliphatic heterocycles. The zero-order chi connectivity index (χ0) is 14.5. The molecule has 21 heavy (non-hydrogen) atoms. The first-order valence-corrected chi connectivity index (χ1v) is 6.77. The monoisotopic (exact) mass is 284 g/mol. The molecule has 6 nitrogen and oxygen atoms in total. The fourth-order valence-electron chi connectivity index (χ4n) is 2.23. The summed E-state index contributed by atoms with van der Waals surface area (Å²) < 4.78 is 11.3. The van der Waals surface area contributed by atoms with Gasteiger partial charge in [-0.1, -0.05) is 18.2 Å². The summed E-state index contributed by atoms with van der Waals surface area (Å²) in [6.07, 6.45) is 5.76. The van der Waals surface area contributed by atoms with E-state index in [-0.39, 0.29) is 6.02 Å². The lowest BCUT2D eigenvalue weighted by molar-refractivity contribution is 0.282. The molecule has 0 unspecified atom stereocenters. The molecule has 0 atom stereocenters. The van der Waals surface area contributed by atoms with Crippen molar-refractivity contribution in [3.8, 4) is 16.9 Å². The third-order valence-corrected chi connectivity index (χ3v) is 3.19. The second kappa shape index (κ2) is 6.21. The number of ether oxygens (including phenoxy) is 2. The van der Waals surface area contributed by atoms with Crippen molar-refractivity contribution in [3.63, 3.8) is 0 Å². The predicted molar refractivity (Wildman–Crippen MR) is 79.1 cm³/mol. The number of fused-ring (bicyclic) bond motifs is 1. The van der Waals surface area contributed by atoms with Crippen LogP contribution in [0.15, 0.2) is 41.9 Å². The van der Waals surface area contributed by atoms with E-state index in [0.717, 1.165) is 22.4 Å². The van der Waals surface area contributed by atoms with Crippen molar-refractivity contribution in [1.29, 1.82) is 0 Å². The van der Waals surface area contributed by atoms with E-state index in [2.05, 4.69) is 15.0 Å². The third-order valence-electron chi connectivity index (χ3n) is 3.19. The number of para-hydroxylation sites is 1. The molecule has 3 rings (SSSR count). The second-order valence-electron chi connectivity index (χ2n) is 4.59. The van der Waals surface area contributed by atoms with E-state index in [1.165, 1.54) is 6.33 Å². The lowest BCUT2D eigenvalue weighted by atomic mass is 10.0. The average Bonchev–Trinajstić information content (AvgIpc) is 2.53. The van der Waals surface area contributed by atoms with Crippen molar-refractivity contribution < 1.29 is 9.47 Å². The average molecular weight is 284 g/mol. The Balaban J connectivity index is 1.97. The van der Waals surface area contributed by atoms with E-state index in [1.54, 1.807) is 12.4 Å². The Morgan fingerprint density at radius 1 is 1.05 bits per heavy atom. The molecule has 0 amide bonds. The molecule has 2 N–H and O–H groups in total. The molecule has 0 spiro atoms. The van der Waals surface area contributed by atoms with Crippen LogP contribution in [0, 0.1) is 0 Å². The Hall–Kier alpha value is -2.63. The molecule has 0 radical (unpaired) electrons. The number of amidine groups is 1. The van der Waals surface area contributed by atoms with Gasteiger partial charge in [0.25, 0.3) is 6.02 Å². The van der Waals surface area contributed by atoms with Crippen molar-refractivity contribution >= 4 is 6.02 Å². The number of nitrogens with two attached hydrogens (primary N) is 1. The van der Waals surface area contributed by atoms with Gasteiger partial charge in [-0.3, -0.25) is 0 Å². The van der Waals surface area contributed by atoms with Gasteiger partial charge in [0.05, 0.1) is 13.2 Å². The predicted octanol–water partition coefficient (Wildman–Crippen LogP) is 1.41. The molecular weight excluding hydrogens is 268 g/mol. The van der Waals surface area contributed by atoms with Crippen molar-refractivity contribution in [2.45, 2.75) is 6.42 Å². The van der Waals surface area contributed by atoms with Gasteiger partial charge in [0.2, 0.25) is 0 Å². The fraction of sp³-hybridized carbons (Fsp3) is 0.267. The summed E-state index contributed by atoms with van der Waals surface area (Å²) in [6.45, 7) is 1.38. The topological polar surface area (TPSA) is 82.6 Å². The molecule has 0 aliphatic carbocycles. The number of aliphatic imine (C=N–C) groups is 1. The minimum Gasteiger partial charge on any atom is -0.491 e. The van der Waals surface area contributed by atoms with Gasteiger partial charge in [-0.15, -0.1) is 0 Å². The maximum absolute atomic E-state index is 5.92. The molecule has 108 valence electrons. The van der Waals surface area contributed by atoms with Gasteiger partial charge in [-0.2, -0.15) is 0 Å². The lowest BCUT2D eigenvalue weighted by Crippen LogP contribution is -2.21. The van der Waals surface area contributed by atoms with Gasteiger partial charge in [0.1, 0.15) is 18.7 Å². The van der Waals surface area contributed by atoms with Crippen LogP contribution in [-0.4, -0.2) is 35.7 Å². The highest BCUT2D eigenvalue weighted by Gasteiger charge is 2.13. The van der Waals surface area contributed by atoms with Crippen LogP contribution in [0.3, 0.4) is 0 Å². The molecule has 0 saturated carbocycles. The maximum Gasteiger partial charge on any atom is 0.282 e.